The van der Waals surface area contributed by atoms with Gasteiger partial charge in [-0.2, -0.15) is 0 Å². The Kier molecular flexibility index (Phi) is 9.16. The number of hydrogen-bond donors (Lipinski definition) is 3. The molecule has 1 amide bonds. The molecule has 1 rings (SSSR count). The lowest BCUT2D eigenvalue weighted by molar-refractivity contribution is -0.116. The highest BCUT2D eigenvalue weighted by molar-refractivity contribution is 5.98. The number of nitrogens with two attached hydrogens (primary N) is 1. The van der Waals surface area contributed by atoms with Gasteiger partial charge in [0.05, 0.1) is 23.5 Å². The number of benzene rings is 1. The van der Waals surface area contributed by atoms with Crippen LogP contribution in [0.4, 0.5) is 11.4 Å². The van der Waals surface area contributed by atoms with Crippen molar-refractivity contribution in [2.45, 2.75) is 20.3 Å². The molecule has 0 fully saturated rings. The minimum Gasteiger partial charge on any atom is -0.462 e. The number of rotatable bonds is 7. The minimum absolute atomic E-state index is 0. The van der Waals surface area contributed by atoms with Crippen molar-refractivity contribution in [3.8, 4) is 0 Å². The van der Waals surface area contributed by atoms with Crippen LogP contribution in [0.5, 0.6) is 0 Å². The number of hydrogen-bond acceptors (Lipinski definition) is 5. The van der Waals surface area contributed by atoms with Gasteiger partial charge in [0.2, 0.25) is 5.91 Å². The highest BCUT2D eigenvalue weighted by Crippen LogP contribution is 2.24. The Hall–Kier alpha value is -1.79. The second-order valence-electron chi connectivity index (χ2n) is 4.10. The van der Waals surface area contributed by atoms with Gasteiger partial charge in [0, 0.05) is 19.5 Å². The molecular formula is C14H22ClN3O3. The molecule has 0 saturated heterocycles. The van der Waals surface area contributed by atoms with E-state index in [1.807, 2.05) is 6.92 Å². The zero-order valence-corrected chi connectivity index (χ0v) is 13.1. The van der Waals surface area contributed by atoms with Crippen molar-refractivity contribution in [1.82, 2.24) is 0 Å². The average molecular weight is 316 g/mol. The largest absolute Gasteiger partial charge is 0.462 e. The van der Waals surface area contributed by atoms with E-state index < -0.39 is 5.97 Å². The summed E-state index contributed by atoms with van der Waals surface area (Å²) < 4.78 is 4.94. The molecule has 0 aliphatic heterocycles. The number of amides is 1. The average Bonchev–Trinajstić information content (AvgIpc) is 2.41. The van der Waals surface area contributed by atoms with Gasteiger partial charge in [-0.25, -0.2) is 4.79 Å². The molecule has 4 N–H and O–H groups in total. The fourth-order valence-electron chi connectivity index (χ4n) is 1.68. The van der Waals surface area contributed by atoms with Crippen LogP contribution in [0, 0.1) is 0 Å². The fourth-order valence-corrected chi connectivity index (χ4v) is 1.68. The summed E-state index contributed by atoms with van der Waals surface area (Å²) in [4.78, 5) is 23.3. The van der Waals surface area contributed by atoms with Gasteiger partial charge in [0.25, 0.3) is 0 Å². The molecule has 1 aromatic carbocycles. The molecule has 21 heavy (non-hydrogen) atoms. The Morgan fingerprint density at radius 2 is 1.95 bits per heavy atom. The van der Waals surface area contributed by atoms with Gasteiger partial charge < -0.3 is 21.1 Å². The van der Waals surface area contributed by atoms with Crippen molar-refractivity contribution < 1.29 is 14.3 Å². The highest BCUT2D eigenvalue weighted by Gasteiger charge is 2.12. The van der Waals surface area contributed by atoms with Crippen LogP contribution in [0.2, 0.25) is 0 Å². The van der Waals surface area contributed by atoms with Crippen LogP contribution in [0.25, 0.3) is 0 Å². The van der Waals surface area contributed by atoms with E-state index in [9.17, 15) is 9.59 Å². The summed E-state index contributed by atoms with van der Waals surface area (Å²) in [6, 6.07) is 5.01. The predicted octanol–water partition coefficient (Wildman–Crippen LogP) is 2.00. The van der Waals surface area contributed by atoms with Crippen molar-refractivity contribution in [3.05, 3.63) is 23.8 Å². The van der Waals surface area contributed by atoms with Gasteiger partial charge in [-0.15, -0.1) is 12.4 Å². The lowest BCUT2D eigenvalue weighted by Crippen LogP contribution is -2.18. The van der Waals surface area contributed by atoms with E-state index in [2.05, 4.69) is 10.6 Å². The van der Waals surface area contributed by atoms with Crippen molar-refractivity contribution in [2.75, 3.05) is 30.3 Å². The maximum Gasteiger partial charge on any atom is 0.338 e. The molecule has 1 aromatic rings. The van der Waals surface area contributed by atoms with Gasteiger partial charge in [-0.05, 0) is 32.0 Å². The Bertz CT molecular complexity index is 481. The number of halogens is 1. The van der Waals surface area contributed by atoms with E-state index in [1.165, 1.54) is 0 Å². The molecular weight excluding hydrogens is 294 g/mol. The van der Waals surface area contributed by atoms with Crippen LogP contribution in [0.1, 0.15) is 30.6 Å². The second-order valence-corrected chi connectivity index (χ2v) is 4.10. The summed E-state index contributed by atoms with van der Waals surface area (Å²) in [7, 11) is 0. The Labute approximate surface area is 130 Å². The third kappa shape index (κ3) is 6.01. The number of carbonyl (C=O) groups is 2. The predicted molar refractivity (Wildman–Crippen MR) is 86.1 cm³/mol. The van der Waals surface area contributed by atoms with Crippen LogP contribution in [-0.2, 0) is 9.53 Å². The molecule has 118 valence electrons. The summed E-state index contributed by atoms with van der Waals surface area (Å²) in [6.07, 6.45) is 0.231. The molecule has 0 radical (unpaired) electrons. The van der Waals surface area contributed by atoms with Crippen molar-refractivity contribution >= 4 is 35.7 Å². The van der Waals surface area contributed by atoms with Crippen LogP contribution >= 0.6 is 12.4 Å². The van der Waals surface area contributed by atoms with Gasteiger partial charge >= 0.3 is 5.97 Å². The normalized spacial score (nSPS) is 9.48. The third-order valence-corrected chi connectivity index (χ3v) is 2.54. The molecule has 0 aliphatic carbocycles. The molecule has 7 heteroatoms. The molecule has 0 spiro atoms. The smallest absolute Gasteiger partial charge is 0.338 e. The van der Waals surface area contributed by atoms with Crippen LogP contribution in [-0.4, -0.2) is 31.6 Å². The molecule has 0 heterocycles. The van der Waals surface area contributed by atoms with Gasteiger partial charge in [-0.1, -0.05) is 0 Å². The van der Waals surface area contributed by atoms with Crippen LogP contribution in [0.15, 0.2) is 18.2 Å². The van der Waals surface area contributed by atoms with E-state index >= 15 is 0 Å². The van der Waals surface area contributed by atoms with Gasteiger partial charge in [-0.3, -0.25) is 4.79 Å². The van der Waals surface area contributed by atoms with E-state index in [0.29, 0.717) is 24.4 Å². The quantitative estimate of drug-likeness (QED) is 0.669. The van der Waals surface area contributed by atoms with Crippen LogP contribution < -0.4 is 16.4 Å². The lowest BCUT2D eigenvalue weighted by Gasteiger charge is -2.13. The number of carbonyl (C=O) groups excluding carboxylic acids is 2. The number of ether oxygens (including phenoxy) is 1. The number of anilines is 2. The molecule has 0 bridgehead atoms. The van der Waals surface area contributed by atoms with Crippen molar-refractivity contribution in [2.24, 2.45) is 5.73 Å². The molecule has 0 unspecified atom stereocenters. The third-order valence-electron chi connectivity index (χ3n) is 2.54. The topological polar surface area (TPSA) is 93.5 Å². The van der Waals surface area contributed by atoms with E-state index in [0.717, 1.165) is 5.69 Å². The molecule has 0 saturated carbocycles. The Morgan fingerprint density at radius 3 is 2.52 bits per heavy atom. The summed E-state index contributed by atoms with van der Waals surface area (Å²) in [5.74, 6) is -0.600. The van der Waals surface area contributed by atoms with E-state index in [4.69, 9.17) is 10.5 Å². The second kappa shape index (κ2) is 10.0. The van der Waals surface area contributed by atoms with E-state index in [1.54, 1.807) is 25.1 Å². The highest BCUT2D eigenvalue weighted by atomic mass is 35.5. The first-order chi connectivity index (χ1) is 9.62. The van der Waals surface area contributed by atoms with Gasteiger partial charge in [0.15, 0.2) is 0 Å². The maximum atomic E-state index is 11.7. The number of nitrogens with one attached hydrogen (secondary N) is 2. The van der Waals surface area contributed by atoms with Crippen LogP contribution in [0.3, 0.4) is 0 Å². The molecule has 0 aliphatic rings. The zero-order valence-electron chi connectivity index (χ0n) is 12.3. The van der Waals surface area contributed by atoms with Crippen molar-refractivity contribution in [3.63, 3.8) is 0 Å². The summed E-state index contributed by atoms with van der Waals surface area (Å²) in [5, 5.41) is 5.87. The first kappa shape index (κ1) is 19.2. The van der Waals surface area contributed by atoms with Crippen molar-refractivity contribution in [1.29, 1.82) is 0 Å². The number of esters is 1. The minimum atomic E-state index is -0.412. The summed E-state index contributed by atoms with van der Waals surface area (Å²) in [5.41, 5.74) is 7.05. The summed E-state index contributed by atoms with van der Waals surface area (Å²) in [6.45, 7) is 4.99. The van der Waals surface area contributed by atoms with E-state index in [-0.39, 0.29) is 31.3 Å². The first-order valence-electron chi connectivity index (χ1n) is 6.67. The SMILES string of the molecule is CCNc1ccc(C(=O)OCC)cc1NC(=O)CCN.Cl. The molecule has 0 atom stereocenters. The molecule has 0 aromatic heterocycles. The maximum absolute atomic E-state index is 11.7. The summed E-state index contributed by atoms with van der Waals surface area (Å²) >= 11 is 0. The first-order valence-corrected chi connectivity index (χ1v) is 6.67. The monoisotopic (exact) mass is 315 g/mol. The Morgan fingerprint density at radius 1 is 1.24 bits per heavy atom. The standard InChI is InChI=1S/C14H21N3O3.ClH/c1-3-16-11-6-5-10(14(19)20-4-2)9-12(11)17-13(18)7-8-15;/h5-6,9,16H,3-4,7-8,15H2,1-2H3,(H,17,18);1H. The zero-order chi connectivity index (χ0) is 15.0. The Balaban J connectivity index is 0.00000400. The molecule has 6 nitrogen and oxygen atoms in total. The van der Waals surface area contributed by atoms with Gasteiger partial charge in [0.1, 0.15) is 0 Å². The fraction of sp³-hybridized carbons (Fsp3) is 0.429. The lowest BCUT2D eigenvalue weighted by atomic mass is 10.1.